The number of fused-ring (bicyclic) bond motifs is 1. The van der Waals surface area contributed by atoms with Gasteiger partial charge in [-0.05, 0) is 48.4 Å². The zero-order valence-electron chi connectivity index (χ0n) is 12.3. The first-order chi connectivity index (χ1) is 11.0. The highest BCUT2D eigenvalue weighted by molar-refractivity contribution is 6.13. The van der Waals surface area contributed by atoms with Gasteiger partial charge in [-0.1, -0.05) is 12.1 Å². The van der Waals surface area contributed by atoms with Crippen LogP contribution >= 0.6 is 0 Å². The number of hydrogen-bond donors (Lipinski definition) is 1. The van der Waals surface area contributed by atoms with Crippen molar-refractivity contribution in [3.8, 4) is 5.75 Å². The van der Waals surface area contributed by atoms with Crippen LogP contribution in [0.1, 0.15) is 17.0 Å². The number of nitrogens with zero attached hydrogens (tertiary/aromatic N) is 1. The molecule has 0 saturated carbocycles. The predicted molar refractivity (Wildman–Crippen MR) is 83.8 cm³/mol. The zero-order chi connectivity index (χ0) is 16.4. The van der Waals surface area contributed by atoms with Gasteiger partial charge < -0.3 is 10.1 Å². The fourth-order valence-electron chi connectivity index (χ4n) is 2.56. The minimum absolute atomic E-state index is 0.0683. The fourth-order valence-corrected chi connectivity index (χ4v) is 2.56. The minimum atomic E-state index is -2.86. The third-order valence-electron chi connectivity index (χ3n) is 3.61. The number of ether oxygens (including phenoxy) is 1. The zero-order valence-corrected chi connectivity index (χ0v) is 12.3. The maximum absolute atomic E-state index is 12.1. The molecule has 1 amide bonds. The van der Waals surface area contributed by atoms with Crippen LogP contribution in [0.25, 0.3) is 0 Å². The number of halogens is 2. The molecule has 1 aliphatic heterocycles. The highest BCUT2D eigenvalue weighted by Gasteiger charge is 2.30. The van der Waals surface area contributed by atoms with E-state index in [1.54, 1.807) is 18.3 Å². The van der Waals surface area contributed by atoms with Gasteiger partial charge in [-0.3, -0.25) is 9.79 Å². The van der Waals surface area contributed by atoms with E-state index in [4.69, 9.17) is 0 Å². The van der Waals surface area contributed by atoms with Crippen molar-refractivity contribution in [1.82, 2.24) is 0 Å². The van der Waals surface area contributed by atoms with E-state index in [2.05, 4.69) is 15.0 Å². The molecule has 2 aromatic carbocycles. The van der Waals surface area contributed by atoms with Crippen molar-refractivity contribution >= 4 is 23.5 Å². The lowest BCUT2D eigenvalue weighted by atomic mass is 9.97. The Kier molecular flexibility index (Phi) is 4.06. The maximum Gasteiger partial charge on any atom is 0.387 e. The number of aliphatic imine (C=N–C) groups is 1. The molecule has 1 atom stereocenters. The third kappa shape index (κ3) is 3.21. The summed E-state index contributed by atoms with van der Waals surface area (Å²) in [4.78, 5) is 16.3. The Hall–Kier alpha value is -2.76. The quantitative estimate of drug-likeness (QED) is 0.866. The molecule has 1 N–H and O–H groups in total. The summed E-state index contributed by atoms with van der Waals surface area (Å²) < 4.78 is 28.5. The second-order valence-corrected chi connectivity index (χ2v) is 5.15. The van der Waals surface area contributed by atoms with Crippen molar-refractivity contribution in [2.75, 3.05) is 5.32 Å². The summed E-state index contributed by atoms with van der Waals surface area (Å²) in [7, 11) is 0. The van der Waals surface area contributed by atoms with Crippen LogP contribution < -0.4 is 10.1 Å². The fraction of sp³-hybridized carbons (Fsp3) is 0.176. The number of aryl methyl sites for hydroxylation is 1. The van der Waals surface area contributed by atoms with Crippen LogP contribution in [0.4, 0.5) is 20.2 Å². The SMILES string of the molecule is Cc1cccc2c1C(C=Nc1ccc(OC(F)F)cc1)C(=O)N2. The van der Waals surface area contributed by atoms with Crippen LogP contribution in [0.15, 0.2) is 47.5 Å². The van der Waals surface area contributed by atoms with Gasteiger partial charge in [0.25, 0.3) is 0 Å². The first-order valence-corrected chi connectivity index (χ1v) is 7.04. The molecule has 6 heteroatoms. The van der Waals surface area contributed by atoms with E-state index in [1.165, 1.54) is 12.1 Å². The molecule has 0 radical (unpaired) electrons. The van der Waals surface area contributed by atoms with Gasteiger partial charge in [0, 0.05) is 11.9 Å². The highest BCUT2D eigenvalue weighted by atomic mass is 19.3. The molecule has 118 valence electrons. The summed E-state index contributed by atoms with van der Waals surface area (Å²) in [5, 5.41) is 2.82. The van der Waals surface area contributed by atoms with Gasteiger partial charge in [0.15, 0.2) is 0 Å². The minimum Gasteiger partial charge on any atom is -0.435 e. The van der Waals surface area contributed by atoms with Crippen molar-refractivity contribution in [2.45, 2.75) is 19.5 Å². The van der Waals surface area contributed by atoms with Crippen molar-refractivity contribution in [1.29, 1.82) is 0 Å². The van der Waals surface area contributed by atoms with Crippen LogP contribution in [0.5, 0.6) is 5.75 Å². The number of benzene rings is 2. The second kappa shape index (κ2) is 6.16. The molecule has 0 fully saturated rings. The predicted octanol–water partition coefficient (Wildman–Crippen LogP) is 4.03. The van der Waals surface area contributed by atoms with Gasteiger partial charge >= 0.3 is 6.61 Å². The molecule has 0 aromatic heterocycles. The molecule has 1 heterocycles. The summed E-state index contributed by atoms with van der Waals surface area (Å²) in [6, 6.07) is 11.6. The number of carbonyl (C=O) groups is 1. The van der Waals surface area contributed by atoms with Crippen LogP contribution in [0, 0.1) is 6.92 Å². The molecule has 3 rings (SSSR count). The topological polar surface area (TPSA) is 50.7 Å². The lowest BCUT2D eigenvalue weighted by Crippen LogP contribution is -2.13. The van der Waals surface area contributed by atoms with Crippen LogP contribution in [0.3, 0.4) is 0 Å². The van der Waals surface area contributed by atoms with Gasteiger partial charge in [0.05, 0.1) is 5.69 Å². The van der Waals surface area contributed by atoms with Crippen molar-refractivity contribution in [3.05, 3.63) is 53.6 Å². The number of amides is 1. The van der Waals surface area contributed by atoms with Crippen LogP contribution in [-0.4, -0.2) is 18.7 Å². The van der Waals surface area contributed by atoms with E-state index in [9.17, 15) is 13.6 Å². The Morgan fingerprint density at radius 2 is 1.96 bits per heavy atom. The molecule has 1 aliphatic rings. The Bertz CT molecular complexity index is 758. The summed E-state index contributed by atoms with van der Waals surface area (Å²) in [6.45, 7) is -0.915. The lowest BCUT2D eigenvalue weighted by molar-refractivity contribution is -0.115. The molecular formula is C17H14F2N2O2. The highest BCUT2D eigenvalue weighted by Crippen LogP contribution is 2.34. The summed E-state index contributed by atoms with van der Waals surface area (Å²) in [5.41, 5.74) is 3.28. The first-order valence-electron chi connectivity index (χ1n) is 7.04. The Labute approximate surface area is 131 Å². The number of alkyl halides is 2. The van der Waals surface area contributed by atoms with E-state index in [0.29, 0.717) is 5.69 Å². The Morgan fingerprint density at radius 1 is 1.22 bits per heavy atom. The maximum atomic E-state index is 12.1. The monoisotopic (exact) mass is 316 g/mol. The first kappa shape index (κ1) is 15.1. The molecule has 0 bridgehead atoms. The molecule has 0 aliphatic carbocycles. The van der Waals surface area contributed by atoms with Crippen LogP contribution in [0.2, 0.25) is 0 Å². The van der Waals surface area contributed by atoms with E-state index in [1.807, 2.05) is 25.1 Å². The van der Waals surface area contributed by atoms with Crippen molar-refractivity contribution in [2.24, 2.45) is 4.99 Å². The van der Waals surface area contributed by atoms with Gasteiger partial charge in [0.2, 0.25) is 5.91 Å². The summed E-state index contributed by atoms with van der Waals surface area (Å²) in [6.07, 6.45) is 1.57. The second-order valence-electron chi connectivity index (χ2n) is 5.15. The van der Waals surface area contributed by atoms with Gasteiger partial charge in [0.1, 0.15) is 11.7 Å². The third-order valence-corrected chi connectivity index (χ3v) is 3.61. The largest absolute Gasteiger partial charge is 0.435 e. The molecule has 0 saturated heterocycles. The average molecular weight is 316 g/mol. The molecule has 2 aromatic rings. The number of carbonyl (C=O) groups excluding carboxylic acids is 1. The van der Waals surface area contributed by atoms with Crippen molar-refractivity contribution < 1.29 is 18.3 Å². The van der Waals surface area contributed by atoms with E-state index < -0.39 is 12.5 Å². The van der Waals surface area contributed by atoms with Gasteiger partial charge in [-0.25, -0.2) is 0 Å². The number of nitrogens with one attached hydrogen (secondary N) is 1. The van der Waals surface area contributed by atoms with E-state index >= 15 is 0 Å². The summed E-state index contributed by atoms with van der Waals surface area (Å²) >= 11 is 0. The Balaban J connectivity index is 1.80. The lowest BCUT2D eigenvalue weighted by Gasteiger charge is -2.06. The standard InChI is InChI=1S/C17H14F2N2O2/c1-10-3-2-4-14-15(10)13(16(22)21-14)9-20-11-5-7-12(8-6-11)23-17(18)19/h2-9,13,17H,1H3,(H,21,22). The van der Waals surface area contributed by atoms with Gasteiger partial charge in [-0.15, -0.1) is 0 Å². The molecule has 23 heavy (non-hydrogen) atoms. The van der Waals surface area contributed by atoms with E-state index in [0.717, 1.165) is 16.8 Å². The number of anilines is 1. The number of hydrogen-bond acceptors (Lipinski definition) is 3. The average Bonchev–Trinajstić information content (AvgIpc) is 2.83. The molecule has 1 unspecified atom stereocenters. The Morgan fingerprint density at radius 3 is 2.65 bits per heavy atom. The van der Waals surface area contributed by atoms with E-state index in [-0.39, 0.29) is 11.7 Å². The van der Waals surface area contributed by atoms with Crippen LogP contribution in [-0.2, 0) is 4.79 Å². The molecular weight excluding hydrogens is 302 g/mol. The molecule has 4 nitrogen and oxygen atoms in total. The molecule has 0 spiro atoms. The van der Waals surface area contributed by atoms with Crippen molar-refractivity contribution in [3.63, 3.8) is 0 Å². The smallest absolute Gasteiger partial charge is 0.387 e. The van der Waals surface area contributed by atoms with Gasteiger partial charge in [-0.2, -0.15) is 8.78 Å². The summed E-state index contributed by atoms with van der Waals surface area (Å²) in [5.74, 6) is -0.516. The number of rotatable bonds is 4. The normalized spacial score (nSPS) is 16.7.